The molecule has 3 heterocycles. The molecule has 2 aromatic heterocycles. The normalized spacial score (nSPS) is 17.6. The molecule has 172 valence electrons. The maximum Gasteiger partial charge on any atom is 0.333 e. The molecule has 11 heteroatoms. The van der Waals surface area contributed by atoms with Crippen molar-refractivity contribution in [3.63, 3.8) is 0 Å². The molecule has 1 aliphatic heterocycles. The summed E-state index contributed by atoms with van der Waals surface area (Å²) in [5.74, 6) is 0. The molecule has 1 atom stereocenters. The zero-order chi connectivity index (χ0) is 23.0. The number of nitrogens with one attached hydrogen (secondary N) is 3. The van der Waals surface area contributed by atoms with Crippen LogP contribution in [0.15, 0.2) is 52.5 Å². The summed E-state index contributed by atoms with van der Waals surface area (Å²) in [6.07, 6.45) is 6.42. The van der Waals surface area contributed by atoms with Crippen LogP contribution in [-0.2, 0) is 27.6 Å². The Morgan fingerprint density at radius 3 is 2.88 bits per heavy atom. The van der Waals surface area contributed by atoms with Gasteiger partial charge in [0.1, 0.15) is 0 Å². The lowest BCUT2D eigenvalue weighted by Crippen LogP contribution is -2.35. The van der Waals surface area contributed by atoms with Gasteiger partial charge in [0.25, 0.3) is 10.0 Å². The molecule has 1 aliphatic carbocycles. The number of aromatic nitrogens is 3. The van der Waals surface area contributed by atoms with Gasteiger partial charge in [-0.1, -0.05) is 12.1 Å². The van der Waals surface area contributed by atoms with Crippen molar-refractivity contribution in [2.45, 2.75) is 36.8 Å². The van der Waals surface area contributed by atoms with Gasteiger partial charge >= 0.3 is 6.03 Å². The number of pyridine rings is 1. The molecule has 5 rings (SSSR count). The summed E-state index contributed by atoms with van der Waals surface area (Å²) in [4.78, 5) is 27.2. The number of rotatable bonds is 5. The van der Waals surface area contributed by atoms with E-state index in [1.807, 2.05) is 12.1 Å². The lowest BCUT2D eigenvalue weighted by Gasteiger charge is -2.16. The number of hydrogen-bond acceptors (Lipinski definition) is 6. The van der Waals surface area contributed by atoms with Crippen molar-refractivity contribution in [3.05, 3.63) is 64.2 Å². The van der Waals surface area contributed by atoms with Crippen LogP contribution in [0.1, 0.15) is 30.0 Å². The van der Waals surface area contributed by atoms with Crippen molar-refractivity contribution < 1.29 is 17.9 Å². The Kier molecular flexibility index (Phi) is 5.51. The highest BCUT2D eigenvalue weighted by Crippen LogP contribution is 2.37. The second kappa shape index (κ2) is 8.49. The third kappa shape index (κ3) is 4.29. The van der Waals surface area contributed by atoms with Crippen LogP contribution in [0, 0.1) is 0 Å². The molecule has 33 heavy (non-hydrogen) atoms. The molecule has 0 spiro atoms. The molecule has 1 saturated heterocycles. The number of carbonyl (C=O) groups excluding carboxylic acids is 1. The van der Waals surface area contributed by atoms with E-state index in [4.69, 9.17) is 4.74 Å². The van der Waals surface area contributed by atoms with E-state index in [0.29, 0.717) is 30.0 Å². The Balaban J connectivity index is 1.41. The largest absolute Gasteiger partial charge is 0.379 e. The summed E-state index contributed by atoms with van der Waals surface area (Å²) in [6.45, 7) is 1.07. The molecular weight excluding hydrogens is 446 g/mol. The molecule has 10 nitrogen and oxygen atoms in total. The number of urea groups is 1. The second-order valence-electron chi connectivity index (χ2n) is 8.13. The van der Waals surface area contributed by atoms with Crippen LogP contribution in [0.3, 0.4) is 0 Å². The highest BCUT2D eigenvalue weighted by Gasteiger charge is 2.26. The lowest BCUT2D eigenvalue weighted by atomic mass is 9.98. The van der Waals surface area contributed by atoms with Crippen molar-refractivity contribution >= 4 is 21.7 Å². The van der Waals surface area contributed by atoms with Crippen LogP contribution in [0.2, 0.25) is 0 Å². The van der Waals surface area contributed by atoms with E-state index in [9.17, 15) is 18.0 Å². The van der Waals surface area contributed by atoms with Gasteiger partial charge in [0, 0.05) is 30.6 Å². The Bertz CT molecular complexity index is 1370. The van der Waals surface area contributed by atoms with Crippen molar-refractivity contribution in [2.75, 3.05) is 18.5 Å². The van der Waals surface area contributed by atoms with E-state index in [1.165, 1.54) is 18.3 Å². The number of anilines is 1. The molecule has 3 N–H and O–H groups in total. The molecule has 0 radical (unpaired) electrons. The summed E-state index contributed by atoms with van der Waals surface area (Å²) in [5, 5.41) is 6.61. The number of hydrogen-bond donors (Lipinski definition) is 3. The first kappa shape index (κ1) is 21.4. The number of benzene rings is 1. The van der Waals surface area contributed by atoms with Crippen molar-refractivity contribution in [2.24, 2.45) is 0 Å². The fraction of sp³-hybridized carbons (Fsp3) is 0.318. The van der Waals surface area contributed by atoms with Crippen LogP contribution in [0.25, 0.3) is 11.1 Å². The van der Waals surface area contributed by atoms with E-state index in [0.717, 1.165) is 36.8 Å². The molecule has 2 aliphatic rings. The van der Waals surface area contributed by atoms with Gasteiger partial charge < -0.3 is 15.0 Å². The minimum absolute atomic E-state index is 0.0220. The summed E-state index contributed by atoms with van der Waals surface area (Å²) in [6, 6.07) is 7.45. The Morgan fingerprint density at radius 1 is 1.21 bits per heavy atom. The highest BCUT2D eigenvalue weighted by atomic mass is 32.2. The molecule has 0 bridgehead atoms. The van der Waals surface area contributed by atoms with Gasteiger partial charge in [-0.25, -0.2) is 9.52 Å². The summed E-state index contributed by atoms with van der Waals surface area (Å²) in [7, 11) is -4.18. The fourth-order valence-corrected chi connectivity index (χ4v) is 5.21. The molecule has 1 unspecified atom stereocenters. The number of ether oxygens (including phenoxy) is 1. The number of aromatic amines is 1. The number of sulfonamides is 1. The topological polar surface area (TPSA) is 135 Å². The zero-order valence-corrected chi connectivity index (χ0v) is 18.5. The number of carbonyl (C=O) groups is 1. The third-order valence-electron chi connectivity index (χ3n) is 5.97. The molecule has 2 amide bonds. The quantitative estimate of drug-likeness (QED) is 0.524. The van der Waals surface area contributed by atoms with Crippen LogP contribution in [0.4, 0.5) is 10.5 Å². The monoisotopic (exact) mass is 469 g/mol. The van der Waals surface area contributed by atoms with Gasteiger partial charge in [-0.05, 0) is 54.5 Å². The summed E-state index contributed by atoms with van der Waals surface area (Å²) >= 11 is 0. The van der Waals surface area contributed by atoms with E-state index in [1.54, 1.807) is 16.9 Å². The zero-order valence-electron chi connectivity index (χ0n) is 17.7. The number of aryl methyl sites for hydroxylation is 1. The first-order valence-electron chi connectivity index (χ1n) is 10.7. The smallest absolute Gasteiger partial charge is 0.333 e. The average molecular weight is 470 g/mol. The molecule has 1 fully saturated rings. The third-order valence-corrected chi connectivity index (χ3v) is 7.20. The minimum atomic E-state index is -4.18. The van der Waals surface area contributed by atoms with Crippen LogP contribution in [0.5, 0.6) is 0 Å². The second-order valence-corrected chi connectivity index (χ2v) is 9.76. The van der Waals surface area contributed by atoms with Crippen molar-refractivity contribution in [3.8, 4) is 11.1 Å². The first-order chi connectivity index (χ1) is 15.9. The van der Waals surface area contributed by atoms with Crippen LogP contribution < -0.4 is 15.6 Å². The van der Waals surface area contributed by atoms with Gasteiger partial charge in [-0.2, -0.15) is 13.5 Å². The predicted molar refractivity (Wildman–Crippen MR) is 121 cm³/mol. The maximum atomic E-state index is 12.8. The van der Waals surface area contributed by atoms with Gasteiger partial charge in [0.15, 0.2) is 5.03 Å². The van der Waals surface area contributed by atoms with E-state index in [-0.39, 0.29) is 16.6 Å². The molecule has 3 aromatic rings. The van der Waals surface area contributed by atoms with Gasteiger partial charge in [-0.3, -0.25) is 9.48 Å². The molecular formula is C22H23N5O5S. The Labute approximate surface area is 190 Å². The number of amides is 2. The van der Waals surface area contributed by atoms with Gasteiger partial charge in [0.05, 0.1) is 18.3 Å². The summed E-state index contributed by atoms with van der Waals surface area (Å²) in [5.41, 5.74) is 3.57. The SMILES string of the molecule is O=C(Nc1c(-c2cc[nH]c(=O)c2)ccc2c1CCC2)NS(=O)(=O)c1ccn(C2CCOC2)n1. The molecule has 0 saturated carbocycles. The number of nitrogens with zero attached hydrogens (tertiary/aromatic N) is 2. The Morgan fingerprint density at radius 2 is 2.09 bits per heavy atom. The van der Waals surface area contributed by atoms with Crippen LogP contribution >= 0.6 is 0 Å². The van der Waals surface area contributed by atoms with E-state index < -0.39 is 16.1 Å². The number of fused-ring (bicyclic) bond motifs is 1. The predicted octanol–water partition coefficient (Wildman–Crippen LogP) is 2.20. The first-order valence-corrected chi connectivity index (χ1v) is 12.2. The number of H-pyrrole nitrogens is 1. The lowest BCUT2D eigenvalue weighted by molar-refractivity contribution is 0.184. The van der Waals surface area contributed by atoms with Gasteiger partial charge in [-0.15, -0.1) is 0 Å². The molecule has 1 aromatic carbocycles. The van der Waals surface area contributed by atoms with Crippen molar-refractivity contribution in [1.82, 2.24) is 19.5 Å². The maximum absolute atomic E-state index is 12.8. The highest BCUT2D eigenvalue weighted by molar-refractivity contribution is 7.90. The average Bonchev–Trinajstić information content (AvgIpc) is 3.54. The standard InChI is InChI=1S/C22H23N5O5S/c28-19-12-15(6-9-23-19)18-5-4-14-2-1-3-17(14)21(18)24-22(29)26-33(30,31)20-7-10-27(25-20)16-8-11-32-13-16/h4-7,9-10,12,16H,1-3,8,11,13H2,(H,23,28)(H2,24,26,29). The Hall–Kier alpha value is -3.44. The minimum Gasteiger partial charge on any atom is -0.379 e. The fourth-order valence-electron chi connectivity index (χ4n) is 4.37. The van der Waals surface area contributed by atoms with E-state index >= 15 is 0 Å². The van der Waals surface area contributed by atoms with E-state index in [2.05, 4.69) is 20.1 Å². The van der Waals surface area contributed by atoms with Crippen molar-refractivity contribution in [1.29, 1.82) is 0 Å². The summed E-state index contributed by atoms with van der Waals surface area (Å²) < 4.78 is 34.5. The van der Waals surface area contributed by atoms with Crippen LogP contribution in [-0.4, -0.2) is 42.4 Å². The van der Waals surface area contributed by atoms with Gasteiger partial charge in [0.2, 0.25) is 5.56 Å².